The van der Waals surface area contributed by atoms with Crippen molar-refractivity contribution in [1.29, 1.82) is 0 Å². The predicted octanol–water partition coefficient (Wildman–Crippen LogP) is 5.12. The van der Waals surface area contributed by atoms with Crippen molar-refractivity contribution in [3.8, 4) is 11.5 Å². The van der Waals surface area contributed by atoms with E-state index >= 15 is 0 Å². The topological polar surface area (TPSA) is 63.2 Å². The molecule has 6 nitrogen and oxygen atoms in total. The minimum absolute atomic E-state index is 0.133. The number of ether oxygens (including phenoxy) is 5. The molecule has 2 aromatic rings. The lowest BCUT2D eigenvalue weighted by Crippen LogP contribution is -2.06. The zero-order chi connectivity index (χ0) is 22.6. The van der Waals surface area contributed by atoms with Crippen LogP contribution in [0.5, 0.6) is 11.5 Å². The number of allylic oxidation sites excluding steroid dienone is 2. The molecule has 0 N–H and O–H groups in total. The number of methoxy groups -OCH3 is 3. The van der Waals surface area contributed by atoms with Crippen molar-refractivity contribution in [3.63, 3.8) is 0 Å². The van der Waals surface area contributed by atoms with Gasteiger partial charge in [0.05, 0.1) is 12.7 Å². The van der Waals surface area contributed by atoms with Gasteiger partial charge in [-0.1, -0.05) is 35.9 Å². The maximum Gasteiger partial charge on any atom is 0.337 e. The quantitative estimate of drug-likeness (QED) is 0.215. The van der Waals surface area contributed by atoms with E-state index in [1.165, 1.54) is 12.7 Å². The molecule has 0 spiro atoms. The number of esters is 1. The Labute approximate surface area is 184 Å². The Hall–Kier alpha value is -3.09. The Balaban J connectivity index is 2.37. The SMILES string of the molecule is COCOc1cc(C=Cc2ccc(C(=O)OC)cc2)cc(OCOC)c1CC=C(C)C. The van der Waals surface area contributed by atoms with E-state index in [4.69, 9.17) is 23.7 Å². The summed E-state index contributed by atoms with van der Waals surface area (Å²) in [7, 11) is 4.53. The summed E-state index contributed by atoms with van der Waals surface area (Å²) < 4.78 is 26.6. The molecule has 0 aliphatic rings. The summed E-state index contributed by atoms with van der Waals surface area (Å²) in [5.74, 6) is 1.02. The summed E-state index contributed by atoms with van der Waals surface area (Å²) >= 11 is 0. The lowest BCUT2D eigenvalue weighted by Gasteiger charge is -2.16. The highest BCUT2D eigenvalue weighted by Crippen LogP contribution is 2.33. The fraction of sp³-hybridized carbons (Fsp3) is 0.320. The first-order valence-corrected chi connectivity index (χ1v) is 9.88. The van der Waals surface area contributed by atoms with Crippen LogP contribution in [0.2, 0.25) is 0 Å². The molecule has 0 amide bonds. The van der Waals surface area contributed by atoms with Crippen LogP contribution in [0.3, 0.4) is 0 Å². The fourth-order valence-corrected chi connectivity index (χ4v) is 2.79. The van der Waals surface area contributed by atoms with Crippen LogP contribution >= 0.6 is 0 Å². The molecule has 0 saturated carbocycles. The van der Waals surface area contributed by atoms with Gasteiger partial charge in [-0.25, -0.2) is 4.79 Å². The van der Waals surface area contributed by atoms with Gasteiger partial charge < -0.3 is 23.7 Å². The van der Waals surface area contributed by atoms with Crippen molar-refractivity contribution in [2.75, 3.05) is 34.9 Å². The zero-order valence-corrected chi connectivity index (χ0v) is 18.8. The van der Waals surface area contributed by atoms with Gasteiger partial charge in [0, 0.05) is 19.8 Å². The van der Waals surface area contributed by atoms with E-state index in [0.29, 0.717) is 23.5 Å². The highest BCUT2D eigenvalue weighted by atomic mass is 16.7. The Morgan fingerprint density at radius 1 is 0.839 bits per heavy atom. The maximum atomic E-state index is 11.6. The first kappa shape index (κ1) is 24.2. The van der Waals surface area contributed by atoms with Crippen LogP contribution in [0.15, 0.2) is 48.0 Å². The molecular weight excluding hydrogens is 396 g/mol. The van der Waals surface area contributed by atoms with Crippen LogP contribution in [0, 0.1) is 0 Å². The van der Waals surface area contributed by atoms with Gasteiger partial charge in [-0.2, -0.15) is 0 Å². The van der Waals surface area contributed by atoms with E-state index in [9.17, 15) is 4.79 Å². The van der Waals surface area contributed by atoms with Gasteiger partial charge in [0.1, 0.15) is 11.5 Å². The van der Waals surface area contributed by atoms with Crippen molar-refractivity contribution in [2.24, 2.45) is 0 Å². The first-order chi connectivity index (χ1) is 15.0. The third-order valence-electron chi connectivity index (χ3n) is 4.37. The van der Waals surface area contributed by atoms with Crippen molar-refractivity contribution in [2.45, 2.75) is 20.3 Å². The lowest BCUT2D eigenvalue weighted by atomic mass is 10.0. The van der Waals surface area contributed by atoms with Gasteiger partial charge in [-0.3, -0.25) is 0 Å². The Bertz CT molecular complexity index is 879. The molecule has 0 heterocycles. The van der Waals surface area contributed by atoms with Crippen molar-refractivity contribution in [1.82, 2.24) is 0 Å². The van der Waals surface area contributed by atoms with E-state index < -0.39 is 0 Å². The Morgan fingerprint density at radius 3 is 1.87 bits per heavy atom. The first-order valence-electron chi connectivity index (χ1n) is 9.88. The van der Waals surface area contributed by atoms with E-state index in [0.717, 1.165) is 16.7 Å². The van der Waals surface area contributed by atoms with Crippen molar-refractivity contribution < 1.29 is 28.5 Å². The second-order valence-electron chi connectivity index (χ2n) is 7.03. The summed E-state index contributed by atoms with van der Waals surface area (Å²) in [5, 5.41) is 0. The van der Waals surface area contributed by atoms with Gasteiger partial charge in [0.25, 0.3) is 0 Å². The monoisotopic (exact) mass is 426 g/mol. The number of rotatable bonds is 11. The molecule has 0 fully saturated rings. The minimum atomic E-state index is -0.359. The average Bonchev–Trinajstić information content (AvgIpc) is 2.78. The molecule has 0 radical (unpaired) electrons. The molecule has 0 atom stereocenters. The van der Waals surface area contributed by atoms with E-state index in [-0.39, 0.29) is 19.6 Å². The predicted molar refractivity (Wildman–Crippen MR) is 121 cm³/mol. The number of hydrogen-bond acceptors (Lipinski definition) is 6. The van der Waals surface area contributed by atoms with Crippen LogP contribution in [-0.4, -0.2) is 40.9 Å². The highest BCUT2D eigenvalue weighted by Gasteiger charge is 2.13. The molecule has 6 heteroatoms. The molecule has 0 bridgehead atoms. The number of hydrogen-bond donors (Lipinski definition) is 0. The summed E-state index contributed by atoms with van der Waals surface area (Å²) in [4.78, 5) is 11.6. The van der Waals surface area contributed by atoms with Gasteiger partial charge in [-0.05, 0) is 55.7 Å². The van der Waals surface area contributed by atoms with Gasteiger partial charge >= 0.3 is 5.97 Å². The van der Waals surface area contributed by atoms with Gasteiger partial charge in [0.2, 0.25) is 0 Å². The van der Waals surface area contributed by atoms with Crippen LogP contribution in [-0.2, 0) is 20.6 Å². The van der Waals surface area contributed by atoms with Gasteiger partial charge in [-0.15, -0.1) is 0 Å². The van der Waals surface area contributed by atoms with Crippen molar-refractivity contribution >= 4 is 18.1 Å². The molecule has 0 unspecified atom stereocenters. The second kappa shape index (κ2) is 12.6. The number of carbonyl (C=O) groups excluding carboxylic acids is 1. The summed E-state index contributed by atoms with van der Waals surface area (Å²) in [6.07, 6.45) is 6.69. The fourth-order valence-electron chi connectivity index (χ4n) is 2.79. The molecule has 0 aliphatic carbocycles. The van der Waals surface area contributed by atoms with Crippen LogP contribution in [0.25, 0.3) is 12.2 Å². The van der Waals surface area contributed by atoms with Crippen LogP contribution in [0.1, 0.15) is 40.9 Å². The molecule has 166 valence electrons. The van der Waals surface area contributed by atoms with E-state index in [1.807, 2.05) is 50.3 Å². The third kappa shape index (κ3) is 7.59. The van der Waals surface area contributed by atoms with Crippen LogP contribution < -0.4 is 9.47 Å². The molecule has 31 heavy (non-hydrogen) atoms. The van der Waals surface area contributed by atoms with E-state index in [2.05, 4.69) is 6.08 Å². The summed E-state index contributed by atoms with van der Waals surface area (Å²) in [5.41, 5.74) is 4.48. The third-order valence-corrected chi connectivity index (χ3v) is 4.37. The Kier molecular flexibility index (Phi) is 9.81. The molecule has 2 aromatic carbocycles. The lowest BCUT2D eigenvalue weighted by molar-refractivity contribution is 0.0448. The zero-order valence-electron chi connectivity index (χ0n) is 18.8. The molecule has 0 saturated heterocycles. The second-order valence-corrected chi connectivity index (χ2v) is 7.03. The largest absolute Gasteiger partial charge is 0.467 e. The maximum absolute atomic E-state index is 11.6. The standard InChI is InChI=1S/C25H30O6/c1-18(2)6-13-22-23(30-16-27-3)14-20(15-24(22)31-17-28-4)8-7-19-9-11-21(12-10-19)25(26)29-5/h6-12,14-15H,13,16-17H2,1-5H3. The number of carbonyl (C=O) groups is 1. The van der Waals surface area contributed by atoms with Crippen molar-refractivity contribution in [3.05, 3.63) is 70.3 Å². The van der Waals surface area contributed by atoms with Crippen LogP contribution in [0.4, 0.5) is 0 Å². The Morgan fingerprint density at radius 2 is 1.39 bits per heavy atom. The summed E-state index contributed by atoms with van der Waals surface area (Å²) in [6, 6.07) is 11.1. The van der Waals surface area contributed by atoms with Gasteiger partial charge in [0.15, 0.2) is 13.6 Å². The highest BCUT2D eigenvalue weighted by molar-refractivity contribution is 5.89. The normalized spacial score (nSPS) is 10.7. The molecule has 0 aliphatic heterocycles. The molecule has 2 rings (SSSR count). The average molecular weight is 427 g/mol. The smallest absolute Gasteiger partial charge is 0.337 e. The molecular formula is C25H30O6. The number of benzene rings is 2. The minimum Gasteiger partial charge on any atom is -0.467 e. The van der Waals surface area contributed by atoms with E-state index in [1.54, 1.807) is 26.4 Å². The molecule has 0 aromatic heterocycles. The summed E-state index contributed by atoms with van der Waals surface area (Å²) in [6.45, 7) is 4.36.